The second-order valence-corrected chi connectivity index (χ2v) is 4.78. The lowest BCUT2D eigenvalue weighted by Crippen LogP contribution is -1.92. The van der Waals surface area contributed by atoms with Crippen molar-refractivity contribution in [2.75, 3.05) is 0 Å². The minimum Gasteiger partial charge on any atom is -0.469 e. The molecule has 0 spiro atoms. The van der Waals surface area contributed by atoms with E-state index >= 15 is 0 Å². The quantitative estimate of drug-likeness (QED) is 0.704. The molecular weight excluding hydrogens is 232 g/mol. The summed E-state index contributed by atoms with van der Waals surface area (Å²) >= 11 is 6.41. The minimum atomic E-state index is -0.122. The molecule has 17 heavy (non-hydrogen) atoms. The molecule has 0 amide bonds. The van der Waals surface area contributed by atoms with Crippen molar-refractivity contribution in [1.82, 2.24) is 0 Å². The van der Waals surface area contributed by atoms with Gasteiger partial charge in [0.15, 0.2) is 0 Å². The highest BCUT2D eigenvalue weighted by atomic mass is 35.5. The Labute approximate surface area is 107 Å². The summed E-state index contributed by atoms with van der Waals surface area (Å²) in [6, 6.07) is 10.5. The summed E-state index contributed by atoms with van der Waals surface area (Å²) in [5, 5.41) is -0.122. The Bertz CT molecular complexity index is 470. The van der Waals surface area contributed by atoms with Gasteiger partial charge in [0.25, 0.3) is 0 Å². The monoisotopic (exact) mass is 248 g/mol. The molecule has 1 heterocycles. The molecule has 0 bridgehead atoms. The maximum atomic E-state index is 6.41. The summed E-state index contributed by atoms with van der Waals surface area (Å²) in [5.74, 6) is 0.897. The summed E-state index contributed by atoms with van der Waals surface area (Å²) in [6.45, 7) is 4.12. The van der Waals surface area contributed by atoms with Crippen molar-refractivity contribution < 1.29 is 4.42 Å². The number of furan rings is 1. The van der Waals surface area contributed by atoms with Gasteiger partial charge in [-0.3, -0.25) is 0 Å². The fourth-order valence-corrected chi connectivity index (χ4v) is 2.19. The van der Waals surface area contributed by atoms with Gasteiger partial charge in [-0.05, 0) is 30.5 Å². The Kier molecular flexibility index (Phi) is 3.90. The highest BCUT2D eigenvalue weighted by Crippen LogP contribution is 2.30. The summed E-state index contributed by atoms with van der Waals surface area (Å²) < 4.78 is 5.28. The van der Waals surface area contributed by atoms with Crippen molar-refractivity contribution >= 4 is 11.6 Å². The van der Waals surface area contributed by atoms with Crippen LogP contribution in [-0.2, 0) is 6.42 Å². The van der Waals surface area contributed by atoms with Crippen LogP contribution in [0.2, 0.25) is 0 Å². The number of benzene rings is 1. The first-order chi connectivity index (χ1) is 8.20. The third kappa shape index (κ3) is 2.92. The predicted octanol–water partition coefficient (Wildman–Crippen LogP) is 4.87. The number of alkyl halides is 1. The van der Waals surface area contributed by atoms with Crippen molar-refractivity contribution in [2.45, 2.75) is 32.1 Å². The summed E-state index contributed by atoms with van der Waals surface area (Å²) in [7, 11) is 0. The van der Waals surface area contributed by atoms with E-state index in [1.807, 2.05) is 13.0 Å². The van der Waals surface area contributed by atoms with Gasteiger partial charge in [0.05, 0.1) is 11.6 Å². The lowest BCUT2D eigenvalue weighted by Gasteiger charge is -2.08. The molecular formula is C15H17ClO. The Morgan fingerprint density at radius 1 is 1.18 bits per heavy atom. The van der Waals surface area contributed by atoms with Crippen molar-refractivity contribution in [1.29, 1.82) is 0 Å². The molecule has 1 nitrogen and oxygen atoms in total. The largest absolute Gasteiger partial charge is 0.469 e. The molecule has 2 aromatic rings. The second-order valence-electron chi connectivity index (χ2n) is 4.34. The van der Waals surface area contributed by atoms with Gasteiger partial charge in [-0.1, -0.05) is 37.6 Å². The molecule has 0 aliphatic heterocycles. The SMILES string of the molecule is CCCc1ccc(C(Cl)c2coc(C)c2)cc1. The molecule has 1 aromatic carbocycles. The number of hydrogen-bond donors (Lipinski definition) is 0. The Balaban J connectivity index is 2.16. The van der Waals surface area contributed by atoms with Crippen LogP contribution in [0.15, 0.2) is 41.0 Å². The van der Waals surface area contributed by atoms with Crippen LogP contribution >= 0.6 is 11.6 Å². The molecule has 2 rings (SSSR count). The van der Waals surface area contributed by atoms with Crippen LogP contribution in [-0.4, -0.2) is 0 Å². The molecule has 1 atom stereocenters. The van der Waals surface area contributed by atoms with E-state index in [1.54, 1.807) is 6.26 Å². The van der Waals surface area contributed by atoms with E-state index in [2.05, 4.69) is 31.2 Å². The minimum absolute atomic E-state index is 0.122. The molecule has 1 aromatic heterocycles. The molecule has 2 heteroatoms. The first-order valence-corrected chi connectivity index (χ1v) is 6.42. The van der Waals surface area contributed by atoms with Gasteiger partial charge in [-0.25, -0.2) is 0 Å². The molecule has 0 radical (unpaired) electrons. The Morgan fingerprint density at radius 2 is 1.88 bits per heavy atom. The summed E-state index contributed by atoms with van der Waals surface area (Å²) in [5.41, 5.74) is 3.50. The van der Waals surface area contributed by atoms with E-state index in [-0.39, 0.29) is 5.38 Å². The van der Waals surface area contributed by atoms with Crippen LogP contribution < -0.4 is 0 Å². The van der Waals surface area contributed by atoms with E-state index in [9.17, 15) is 0 Å². The van der Waals surface area contributed by atoms with Crippen molar-refractivity contribution in [3.8, 4) is 0 Å². The van der Waals surface area contributed by atoms with Crippen LogP contribution in [0, 0.1) is 6.92 Å². The van der Waals surface area contributed by atoms with Crippen LogP contribution in [0.1, 0.15) is 41.2 Å². The van der Waals surface area contributed by atoms with E-state index in [1.165, 1.54) is 12.0 Å². The van der Waals surface area contributed by atoms with Crippen LogP contribution in [0.4, 0.5) is 0 Å². The number of aryl methyl sites for hydroxylation is 2. The topological polar surface area (TPSA) is 13.1 Å². The number of rotatable bonds is 4. The highest BCUT2D eigenvalue weighted by Gasteiger charge is 2.12. The lowest BCUT2D eigenvalue weighted by molar-refractivity contribution is 0.532. The number of halogens is 1. The smallest absolute Gasteiger partial charge is 0.101 e. The fraction of sp³-hybridized carbons (Fsp3) is 0.333. The third-order valence-corrected chi connectivity index (χ3v) is 3.36. The zero-order valence-corrected chi connectivity index (χ0v) is 11.0. The summed E-state index contributed by atoms with van der Waals surface area (Å²) in [4.78, 5) is 0. The van der Waals surface area contributed by atoms with Gasteiger partial charge in [-0.15, -0.1) is 11.6 Å². The Morgan fingerprint density at radius 3 is 2.41 bits per heavy atom. The van der Waals surface area contributed by atoms with Gasteiger partial charge < -0.3 is 4.42 Å². The average molecular weight is 249 g/mol. The zero-order valence-electron chi connectivity index (χ0n) is 10.2. The van der Waals surface area contributed by atoms with Crippen LogP contribution in [0.25, 0.3) is 0 Å². The third-order valence-electron chi connectivity index (χ3n) is 2.85. The van der Waals surface area contributed by atoms with Crippen LogP contribution in [0.3, 0.4) is 0 Å². The Hall–Kier alpha value is -1.21. The van der Waals surface area contributed by atoms with E-state index in [0.717, 1.165) is 23.3 Å². The highest BCUT2D eigenvalue weighted by molar-refractivity contribution is 6.22. The molecule has 0 N–H and O–H groups in total. The number of hydrogen-bond acceptors (Lipinski definition) is 1. The van der Waals surface area contributed by atoms with Gasteiger partial charge in [-0.2, -0.15) is 0 Å². The molecule has 0 aliphatic carbocycles. The van der Waals surface area contributed by atoms with Gasteiger partial charge in [0, 0.05) is 5.56 Å². The summed E-state index contributed by atoms with van der Waals surface area (Å²) in [6.07, 6.45) is 4.02. The van der Waals surface area contributed by atoms with Gasteiger partial charge in [0.2, 0.25) is 0 Å². The molecule has 0 saturated carbocycles. The van der Waals surface area contributed by atoms with Gasteiger partial charge in [0.1, 0.15) is 5.76 Å². The second kappa shape index (κ2) is 5.42. The maximum Gasteiger partial charge on any atom is 0.101 e. The molecule has 0 fully saturated rings. The normalized spacial score (nSPS) is 12.6. The van der Waals surface area contributed by atoms with E-state index in [4.69, 9.17) is 16.0 Å². The average Bonchev–Trinajstić information content (AvgIpc) is 2.76. The maximum absolute atomic E-state index is 6.41. The van der Waals surface area contributed by atoms with Crippen molar-refractivity contribution in [2.24, 2.45) is 0 Å². The molecule has 90 valence electrons. The zero-order chi connectivity index (χ0) is 12.3. The van der Waals surface area contributed by atoms with E-state index in [0.29, 0.717) is 0 Å². The van der Waals surface area contributed by atoms with Crippen LogP contribution in [0.5, 0.6) is 0 Å². The molecule has 0 saturated heterocycles. The van der Waals surface area contributed by atoms with E-state index < -0.39 is 0 Å². The first kappa shape index (κ1) is 12.3. The predicted molar refractivity (Wildman–Crippen MR) is 71.6 cm³/mol. The fourth-order valence-electron chi connectivity index (χ4n) is 1.93. The van der Waals surface area contributed by atoms with Crippen molar-refractivity contribution in [3.63, 3.8) is 0 Å². The van der Waals surface area contributed by atoms with Gasteiger partial charge >= 0.3 is 0 Å². The molecule has 0 aliphatic rings. The standard InChI is InChI=1S/C15H17ClO/c1-3-4-12-5-7-13(8-6-12)15(16)14-9-11(2)17-10-14/h5-10,15H,3-4H2,1-2H3. The first-order valence-electron chi connectivity index (χ1n) is 5.98. The lowest BCUT2D eigenvalue weighted by atomic mass is 10.0. The molecule has 1 unspecified atom stereocenters. The van der Waals surface area contributed by atoms with Crippen molar-refractivity contribution in [3.05, 3.63) is 59.0 Å².